The fourth-order valence-corrected chi connectivity index (χ4v) is 3.15. The van der Waals surface area contributed by atoms with Gasteiger partial charge in [0.1, 0.15) is 6.61 Å². The number of nitrogens with zero attached hydrogens (tertiary/aromatic N) is 1. The minimum atomic E-state index is 0.000674. The zero-order valence-electron chi connectivity index (χ0n) is 16.6. The molecule has 1 aliphatic rings. The van der Waals surface area contributed by atoms with Crippen LogP contribution in [0.4, 0.5) is 0 Å². The predicted molar refractivity (Wildman–Crippen MR) is 107 cm³/mol. The molecule has 0 aromatic rings. The summed E-state index contributed by atoms with van der Waals surface area (Å²) in [5.74, 6) is 0.961. The van der Waals surface area contributed by atoms with Crippen LogP contribution in [0, 0.1) is 0 Å². The van der Waals surface area contributed by atoms with E-state index in [0.29, 0.717) is 0 Å². The molecule has 0 bridgehead atoms. The Hall–Kier alpha value is -0.790. The van der Waals surface area contributed by atoms with E-state index in [-0.39, 0.29) is 5.54 Å². The van der Waals surface area contributed by atoms with Gasteiger partial charge in [-0.2, -0.15) is 0 Å². The van der Waals surface area contributed by atoms with Crippen molar-refractivity contribution in [3.8, 4) is 0 Å². The lowest BCUT2D eigenvalue weighted by atomic mass is 10.1. The molecular formula is C22H41NO. The molecule has 0 aromatic heterocycles. The molecule has 0 radical (unpaired) electrons. The summed E-state index contributed by atoms with van der Waals surface area (Å²) < 4.78 is 5.61. The third kappa shape index (κ3) is 11.7. The van der Waals surface area contributed by atoms with Crippen LogP contribution in [0.5, 0.6) is 0 Å². The summed E-state index contributed by atoms with van der Waals surface area (Å²) in [7, 11) is 0. The van der Waals surface area contributed by atoms with E-state index in [0.717, 1.165) is 31.8 Å². The van der Waals surface area contributed by atoms with Gasteiger partial charge in [0, 0.05) is 6.42 Å². The molecule has 0 fully saturated rings. The molecule has 0 saturated heterocycles. The Kier molecular flexibility index (Phi) is 12.0. The summed E-state index contributed by atoms with van der Waals surface area (Å²) >= 11 is 0. The van der Waals surface area contributed by atoms with E-state index in [1.807, 2.05) is 0 Å². The highest BCUT2D eigenvalue weighted by atomic mass is 16.5. The highest BCUT2D eigenvalue weighted by Gasteiger charge is 2.25. The number of unbranched alkanes of at least 4 members (excludes halogenated alkanes) is 11. The number of hydrogen-bond acceptors (Lipinski definition) is 2. The van der Waals surface area contributed by atoms with E-state index >= 15 is 0 Å². The van der Waals surface area contributed by atoms with Gasteiger partial charge in [0.05, 0.1) is 5.54 Å². The van der Waals surface area contributed by atoms with Crippen LogP contribution in [0.15, 0.2) is 17.1 Å². The van der Waals surface area contributed by atoms with E-state index < -0.39 is 0 Å². The molecule has 1 aliphatic heterocycles. The Balaban J connectivity index is 1.80. The normalized spacial score (nSPS) is 16.5. The van der Waals surface area contributed by atoms with Crippen LogP contribution in [-0.4, -0.2) is 18.0 Å². The van der Waals surface area contributed by atoms with Crippen molar-refractivity contribution in [3.63, 3.8) is 0 Å². The summed E-state index contributed by atoms with van der Waals surface area (Å²) in [6, 6.07) is 0. The lowest BCUT2D eigenvalue weighted by Gasteiger charge is -2.07. The average molecular weight is 336 g/mol. The Labute approximate surface area is 151 Å². The maximum Gasteiger partial charge on any atom is 0.183 e. The van der Waals surface area contributed by atoms with Gasteiger partial charge in [-0.05, 0) is 39.5 Å². The first kappa shape index (κ1) is 21.3. The topological polar surface area (TPSA) is 21.6 Å². The number of allylic oxidation sites excluding steroid dienone is 2. The van der Waals surface area contributed by atoms with Crippen molar-refractivity contribution >= 4 is 5.90 Å². The fourth-order valence-electron chi connectivity index (χ4n) is 3.15. The predicted octanol–water partition coefficient (Wildman–Crippen LogP) is 7.23. The number of rotatable bonds is 15. The molecule has 0 saturated carbocycles. The number of aliphatic imine (C=N–C) groups is 1. The van der Waals surface area contributed by atoms with E-state index in [2.05, 4.69) is 37.9 Å². The largest absolute Gasteiger partial charge is 0.478 e. The minimum Gasteiger partial charge on any atom is -0.478 e. The number of ether oxygens (including phenoxy) is 1. The summed E-state index contributed by atoms with van der Waals surface area (Å²) in [6.07, 6.45) is 23.5. The first-order valence-electron chi connectivity index (χ1n) is 10.5. The van der Waals surface area contributed by atoms with Crippen molar-refractivity contribution in [3.05, 3.63) is 12.2 Å². The maximum atomic E-state index is 5.61. The van der Waals surface area contributed by atoms with Crippen LogP contribution in [0.25, 0.3) is 0 Å². The van der Waals surface area contributed by atoms with Crippen molar-refractivity contribution in [1.29, 1.82) is 0 Å². The lowest BCUT2D eigenvalue weighted by molar-refractivity contribution is 0.273. The van der Waals surface area contributed by atoms with Gasteiger partial charge in [-0.1, -0.05) is 76.9 Å². The van der Waals surface area contributed by atoms with Crippen LogP contribution in [-0.2, 0) is 4.74 Å². The van der Waals surface area contributed by atoms with E-state index in [1.165, 1.54) is 70.6 Å². The van der Waals surface area contributed by atoms with Gasteiger partial charge in [0.15, 0.2) is 5.90 Å². The molecule has 0 spiro atoms. The standard InChI is InChI=1S/C22H41NO/c1-4-5-6-7-8-9-10-11-12-13-14-15-16-17-18-19-21-23-22(2,3)20-24-21/h15-16H,4-14,17-20H2,1-3H3/b16-15-. The summed E-state index contributed by atoms with van der Waals surface area (Å²) in [5, 5.41) is 0. The Morgan fingerprint density at radius 1 is 0.833 bits per heavy atom. The maximum absolute atomic E-state index is 5.61. The first-order valence-corrected chi connectivity index (χ1v) is 10.5. The molecule has 24 heavy (non-hydrogen) atoms. The zero-order valence-corrected chi connectivity index (χ0v) is 16.6. The molecule has 0 amide bonds. The average Bonchev–Trinajstić information content (AvgIpc) is 2.90. The highest BCUT2D eigenvalue weighted by molar-refractivity contribution is 5.78. The Morgan fingerprint density at radius 3 is 1.92 bits per heavy atom. The molecule has 1 rings (SSSR count). The first-order chi connectivity index (χ1) is 11.6. The summed E-state index contributed by atoms with van der Waals surface area (Å²) in [5.41, 5.74) is 0.000674. The van der Waals surface area contributed by atoms with Gasteiger partial charge < -0.3 is 4.74 Å². The monoisotopic (exact) mass is 335 g/mol. The molecule has 0 atom stereocenters. The van der Waals surface area contributed by atoms with Gasteiger partial charge in [0.25, 0.3) is 0 Å². The van der Waals surface area contributed by atoms with Crippen LogP contribution in [0.3, 0.4) is 0 Å². The van der Waals surface area contributed by atoms with Crippen LogP contribution in [0.2, 0.25) is 0 Å². The third-order valence-corrected chi connectivity index (χ3v) is 4.67. The van der Waals surface area contributed by atoms with Crippen molar-refractivity contribution < 1.29 is 4.74 Å². The van der Waals surface area contributed by atoms with Crippen molar-refractivity contribution in [2.75, 3.05) is 6.61 Å². The lowest BCUT2D eigenvalue weighted by Crippen LogP contribution is -2.17. The summed E-state index contributed by atoms with van der Waals surface area (Å²) in [4.78, 5) is 4.59. The second kappa shape index (κ2) is 13.5. The van der Waals surface area contributed by atoms with Gasteiger partial charge in [-0.3, -0.25) is 0 Å². The molecule has 1 heterocycles. The van der Waals surface area contributed by atoms with Crippen LogP contribution < -0.4 is 0 Å². The molecule has 0 aliphatic carbocycles. The zero-order chi connectivity index (χ0) is 17.5. The van der Waals surface area contributed by atoms with Gasteiger partial charge >= 0.3 is 0 Å². The Bertz CT molecular complexity index is 357. The van der Waals surface area contributed by atoms with Crippen LogP contribution in [0.1, 0.15) is 111 Å². The third-order valence-electron chi connectivity index (χ3n) is 4.67. The van der Waals surface area contributed by atoms with E-state index in [4.69, 9.17) is 4.74 Å². The van der Waals surface area contributed by atoms with E-state index in [1.54, 1.807) is 0 Å². The molecule has 2 heteroatoms. The second-order valence-corrected chi connectivity index (χ2v) is 7.94. The quantitative estimate of drug-likeness (QED) is 0.228. The van der Waals surface area contributed by atoms with Crippen LogP contribution >= 0.6 is 0 Å². The molecule has 140 valence electrons. The van der Waals surface area contributed by atoms with Crippen molar-refractivity contribution in [1.82, 2.24) is 0 Å². The summed E-state index contributed by atoms with van der Waals surface area (Å²) in [6.45, 7) is 7.30. The molecule has 2 nitrogen and oxygen atoms in total. The number of hydrogen-bond donors (Lipinski definition) is 0. The second-order valence-electron chi connectivity index (χ2n) is 7.94. The molecular weight excluding hydrogens is 294 g/mol. The van der Waals surface area contributed by atoms with Gasteiger partial charge in [0.2, 0.25) is 0 Å². The fraction of sp³-hybridized carbons (Fsp3) is 0.864. The molecule has 0 N–H and O–H groups in total. The van der Waals surface area contributed by atoms with Crippen molar-refractivity contribution in [2.24, 2.45) is 4.99 Å². The SMILES string of the molecule is CCCCCCCCCCCC/C=C\CCCC1=NC(C)(C)CO1. The molecule has 0 aromatic carbocycles. The highest BCUT2D eigenvalue weighted by Crippen LogP contribution is 2.19. The minimum absolute atomic E-state index is 0.000674. The van der Waals surface area contributed by atoms with Crippen molar-refractivity contribution in [2.45, 2.75) is 116 Å². The van der Waals surface area contributed by atoms with E-state index in [9.17, 15) is 0 Å². The van der Waals surface area contributed by atoms with Gasteiger partial charge in [-0.25, -0.2) is 4.99 Å². The molecule has 0 unspecified atom stereocenters. The smallest absolute Gasteiger partial charge is 0.183 e. The Morgan fingerprint density at radius 2 is 1.38 bits per heavy atom. The van der Waals surface area contributed by atoms with Gasteiger partial charge in [-0.15, -0.1) is 0 Å².